The van der Waals surface area contributed by atoms with E-state index in [1.807, 2.05) is 42.5 Å². The van der Waals surface area contributed by atoms with E-state index < -0.39 is 0 Å². The van der Waals surface area contributed by atoms with E-state index in [4.69, 9.17) is 11.6 Å². The van der Waals surface area contributed by atoms with Crippen molar-refractivity contribution in [3.05, 3.63) is 65.3 Å². The number of H-pyrrole nitrogens is 1. The summed E-state index contributed by atoms with van der Waals surface area (Å²) in [6, 6.07) is 17.3. The highest BCUT2D eigenvalue weighted by molar-refractivity contribution is 6.31. The summed E-state index contributed by atoms with van der Waals surface area (Å²) in [5, 5.41) is 4.58. The molecule has 1 aromatic heterocycles. The number of carbonyl (C=O) groups is 2. The van der Waals surface area contributed by atoms with Gasteiger partial charge in [-0.3, -0.25) is 14.5 Å². The molecule has 5 rings (SSSR count). The maximum Gasteiger partial charge on any atom is 0.275 e. The molecule has 37 heavy (non-hydrogen) atoms. The number of carbonyl (C=O) groups excluding carboxylic acids is 2. The van der Waals surface area contributed by atoms with Crippen molar-refractivity contribution in [2.45, 2.75) is 31.7 Å². The number of hydrogen-bond acceptors (Lipinski definition) is 4. The first-order valence-electron chi connectivity index (χ1n) is 13.3. The molecule has 2 N–H and O–H groups in total. The van der Waals surface area contributed by atoms with Crippen LogP contribution in [-0.4, -0.2) is 79.0 Å². The second-order valence-corrected chi connectivity index (χ2v) is 10.9. The highest BCUT2D eigenvalue weighted by atomic mass is 35.5. The maximum atomic E-state index is 13.5. The number of fused-ring (bicyclic) bond motifs is 1. The van der Waals surface area contributed by atoms with E-state index >= 15 is 0 Å². The molecule has 0 atom stereocenters. The summed E-state index contributed by atoms with van der Waals surface area (Å²) >= 11 is 6.12. The third kappa shape index (κ3) is 6.35. The highest BCUT2D eigenvalue weighted by Crippen LogP contribution is 2.24. The molecule has 8 heteroatoms. The largest absolute Gasteiger partial charge is 0.354 e. The summed E-state index contributed by atoms with van der Waals surface area (Å²) in [5.41, 5.74) is 1.94. The van der Waals surface area contributed by atoms with E-state index in [0.29, 0.717) is 34.9 Å². The fraction of sp³-hybridized carbons (Fsp3) is 0.448. The minimum absolute atomic E-state index is 0.0343. The van der Waals surface area contributed by atoms with E-state index in [2.05, 4.69) is 27.1 Å². The summed E-state index contributed by atoms with van der Waals surface area (Å²) in [6.07, 6.45) is 4.71. The minimum Gasteiger partial charge on any atom is -0.354 e. The Labute approximate surface area is 223 Å². The Morgan fingerprint density at radius 2 is 1.73 bits per heavy atom. The number of benzene rings is 2. The number of anilines is 1. The van der Waals surface area contributed by atoms with Gasteiger partial charge in [0.1, 0.15) is 12.2 Å². The van der Waals surface area contributed by atoms with Gasteiger partial charge in [-0.2, -0.15) is 0 Å². The Bertz CT molecular complexity index is 1210. The molecule has 2 amide bonds. The van der Waals surface area contributed by atoms with Crippen LogP contribution in [-0.2, 0) is 4.79 Å². The number of piperidine rings is 2. The van der Waals surface area contributed by atoms with Crippen LogP contribution in [0.2, 0.25) is 5.02 Å². The highest BCUT2D eigenvalue weighted by Gasteiger charge is 2.28. The molecule has 2 aliphatic rings. The molecule has 2 aliphatic heterocycles. The summed E-state index contributed by atoms with van der Waals surface area (Å²) in [7, 11) is 2.20. The third-order valence-electron chi connectivity index (χ3n) is 7.87. The molecule has 0 radical (unpaired) electrons. The van der Waals surface area contributed by atoms with Crippen molar-refractivity contribution in [3.63, 3.8) is 0 Å². The fourth-order valence-electron chi connectivity index (χ4n) is 5.59. The lowest BCUT2D eigenvalue weighted by Crippen LogP contribution is -2.48. The maximum absolute atomic E-state index is 13.5. The second-order valence-electron chi connectivity index (χ2n) is 10.5. The van der Waals surface area contributed by atoms with Gasteiger partial charge in [-0.1, -0.05) is 29.8 Å². The van der Waals surface area contributed by atoms with Gasteiger partial charge in [0.25, 0.3) is 5.91 Å². The average molecular weight is 522 g/mol. The van der Waals surface area contributed by atoms with Crippen LogP contribution in [0.15, 0.2) is 54.6 Å². The molecule has 0 aliphatic carbocycles. The molecule has 3 aromatic rings. The number of hydrogen-bond donors (Lipinski definition) is 2. The standard InChI is InChI=1S/C29H36ClN5O2/c1-33-13-11-24(12-14-33)34-15-9-21(10-16-34)19-31-28(36)20-35(25-5-3-2-4-6-25)29(37)27-18-22-17-23(30)7-8-26(22)32-27/h2-8,17-18,21,24,32H,9-16,19-20H2,1H3,(H,31,36). The van der Waals surface area contributed by atoms with E-state index in [1.54, 1.807) is 12.1 Å². The van der Waals surface area contributed by atoms with Crippen LogP contribution in [0.1, 0.15) is 36.2 Å². The van der Waals surface area contributed by atoms with Gasteiger partial charge < -0.3 is 20.1 Å². The Balaban J connectivity index is 1.18. The van der Waals surface area contributed by atoms with Crippen LogP contribution in [0.25, 0.3) is 10.9 Å². The van der Waals surface area contributed by atoms with Crippen LogP contribution < -0.4 is 10.2 Å². The number of aromatic amines is 1. The summed E-state index contributed by atoms with van der Waals surface area (Å²) in [6.45, 7) is 5.20. The van der Waals surface area contributed by atoms with Gasteiger partial charge in [-0.05, 0) is 101 Å². The molecule has 3 heterocycles. The van der Waals surface area contributed by atoms with Gasteiger partial charge >= 0.3 is 0 Å². The molecule has 0 saturated carbocycles. The number of nitrogens with one attached hydrogen (secondary N) is 2. The first kappa shape index (κ1) is 25.8. The van der Waals surface area contributed by atoms with Crippen LogP contribution in [0.5, 0.6) is 0 Å². The van der Waals surface area contributed by atoms with Crippen LogP contribution in [0, 0.1) is 5.92 Å². The monoisotopic (exact) mass is 521 g/mol. The zero-order chi connectivity index (χ0) is 25.8. The molecule has 0 spiro atoms. The smallest absolute Gasteiger partial charge is 0.275 e. The fourth-order valence-corrected chi connectivity index (χ4v) is 5.77. The molecule has 196 valence electrons. The van der Waals surface area contributed by atoms with Gasteiger partial charge in [0.2, 0.25) is 5.91 Å². The molecule has 0 bridgehead atoms. The van der Waals surface area contributed by atoms with Gasteiger partial charge in [0.15, 0.2) is 0 Å². The van der Waals surface area contributed by atoms with Gasteiger partial charge in [-0.15, -0.1) is 0 Å². The lowest BCUT2D eigenvalue weighted by molar-refractivity contribution is -0.120. The lowest BCUT2D eigenvalue weighted by Gasteiger charge is -2.41. The van der Waals surface area contributed by atoms with Crippen molar-refractivity contribution >= 4 is 40.0 Å². The zero-order valence-electron chi connectivity index (χ0n) is 21.5. The molecule has 2 fully saturated rings. The first-order valence-corrected chi connectivity index (χ1v) is 13.7. The summed E-state index contributed by atoms with van der Waals surface area (Å²) < 4.78 is 0. The van der Waals surface area contributed by atoms with Crippen molar-refractivity contribution in [1.29, 1.82) is 0 Å². The topological polar surface area (TPSA) is 71.7 Å². The van der Waals surface area contributed by atoms with E-state index in [0.717, 1.165) is 36.8 Å². The quantitative estimate of drug-likeness (QED) is 0.483. The van der Waals surface area contributed by atoms with Crippen molar-refractivity contribution in [1.82, 2.24) is 20.1 Å². The van der Waals surface area contributed by atoms with Crippen molar-refractivity contribution in [3.8, 4) is 0 Å². The Morgan fingerprint density at radius 1 is 1.00 bits per heavy atom. The molecular weight excluding hydrogens is 486 g/mol. The number of halogens is 1. The molecule has 0 unspecified atom stereocenters. The Kier molecular flexibility index (Phi) is 8.13. The average Bonchev–Trinajstić information content (AvgIpc) is 3.35. The van der Waals surface area contributed by atoms with Crippen LogP contribution in [0.4, 0.5) is 5.69 Å². The number of para-hydroxylation sites is 1. The summed E-state index contributed by atoms with van der Waals surface area (Å²) in [5.74, 6) is 0.0833. The van der Waals surface area contributed by atoms with E-state index in [1.165, 1.54) is 30.8 Å². The Morgan fingerprint density at radius 3 is 2.46 bits per heavy atom. The van der Waals surface area contributed by atoms with E-state index in [-0.39, 0.29) is 18.4 Å². The zero-order valence-corrected chi connectivity index (χ0v) is 22.2. The van der Waals surface area contributed by atoms with Crippen molar-refractivity contribution in [2.24, 2.45) is 5.92 Å². The second kappa shape index (κ2) is 11.7. The molecule has 7 nitrogen and oxygen atoms in total. The van der Waals surface area contributed by atoms with Crippen molar-refractivity contribution < 1.29 is 9.59 Å². The molecular formula is C29H36ClN5O2. The minimum atomic E-state index is -0.250. The number of nitrogens with zero attached hydrogens (tertiary/aromatic N) is 3. The number of likely N-dealkylation sites (tertiary alicyclic amines) is 2. The predicted octanol–water partition coefficient (Wildman–Crippen LogP) is 4.39. The third-order valence-corrected chi connectivity index (χ3v) is 8.10. The SMILES string of the molecule is CN1CCC(N2CCC(CNC(=O)CN(C(=O)c3cc4cc(Cl)ccc4[nH]3)c3ccccc3)CC2)CC1. The summed E-state index contributed by atoms with van der Waals surface area (Å²) in [4.78, 5) is 36.3. The Hall–Kier alpha value is -2.87. The van der Waals surface area contributed by atoms with Gasteiger partial charge in [0, 0.05) is 34.2 Å². The van der Waals surface area contributed by atoms with Crippen LogP contribution in [0.3, 0.4) is 0 Å². The number of amides is 2. The van der Waals surface area contributed by atoms with E-state index in [9.17, 15) is 9.59 Å². The van der Waals surface area contributed by atoms with Crippen molar-refractivity contribution in [2.75, 3.05) is 51.2 Å². The predicted molar refractivity (Wildman–Crippen MR) is 149 cm³/mol. The molecule has 2 saturated heterocycles. The van der Waals surface area contributed by atoms with Gasteiger partial charge in [0.05, 0.1) is 0 Å². The molecule has 2 aromatic carbocycles. The number of rotatable bonds is 7. The number of aromatic nitrogens is 1. The van der Waals surface area contributed by atoms with Crippen LogP contribution >= 0.6 is 11.6 Å². The van der Waals surface area contributed by atoms with Gasteiger partial charge in [-0.25, -0.2) is 0 Å². The normalized spacial score (nSPS) is 18.2. The first-order chi connectivity index (χ1) is 18.0. The lowest BCUT2D eigenvalue weighted by atomic mass is 9.93.